The van der Waals surface area contributed by atoms with Gasteiger partial charge in [0.1, 0.15) is 0 Å². The number of hydrogen-bond acceptors (Lipinski definition) is 2. The maximum absolute atomic E-state index is 13.1. The minimum Gasteiger partial charge on any atom is -0.223 e. The number of sulfonamides is 1. The monoisotopic (exact) mass is 273 g/mol. The zero-order valence-electron chi connectivity index (χ0n) is 7.85. The summed E-state index contributed by atoms with van der Waals surface area (Å²) in [5, 5.41) is 1.77. The summed E-state index contributed by atoms with van der Waals surface area (Å²) >= 11 is 0. The van der Waals surface area contributed by atoms with Crippen LogP contribution in [0, 0.1) is 17.5 Å². The van der Waals surface area contributed by atoms with Gasteiger partial charge in [-0.2, -0.15) is 4.39 Å². The van der Waals surface area contributed by atoms with Gasteiger partial charge in [-0.3, -0.25) is 0 Å². The van der Waals surface area contributed by atoms with Gasteiger partial charge in [0.05, 0.1) is 5.56 Å². The molecule has 0 fully saturated rings. The molecule has 0 aliphatic carbocycles. The van der Waals surface area contributed by atoms with Crippen LogP contribution >= 0.6 is 0 Å². The lowest BCUT2D eigenvalue weighted by atomic mass is 10.2. The van der Waals surface area contributed by atoms with Gasteiger partial charge < -0.3 is 0 Å². The van der Waals surface area contributed by atoms with E-state index in [9.17, 15) is 30.4 Å². The number of halogens is 5. The van der Waals surface area contributed by atoms with Gasteiger partial charge in [-0.1, -0.05) is 0 Å². The first kappa shape index (κ1) is 13.6. The lowest BCUT2D eigenvalue weighted by Gasteiger charge is -2.03. The van der Waals surface area contributed by atoms with Crippen molar-refractivity contribution in [1.29, 1.82) is 0 Å². The van der Waals surface area contributed by atoms with Gasteiger partial charge in [0, 0.05) is 0 Å². The number of primary sulfonamides is 1. The van der Waals surface area contributed by atoms with Gasteiger partial charge >= 0.3 is 0 Å². The zero-order valence-corrected chi connectivity index (χ0v) is 8.66. The molecule has 1 aromatic carbocycles. The smallest absolute Gasteiger partial charge is 0.223 e. The fourth-order valence-electron chi connectivity index (χ4n) is 0.926. The highest BCUT2D eigenvalue weighted by molar-refractivity contribution is 7.93. The third kappa shape index (κ3) is 2.61. The van der Waals surface area contributed by atoms with E-state index in [1.54, 1.807) is 0 Å². The Bertz CT molecular complexity index is 596. The van der Waals surface area contributed by atoms with Gasteiger partial charge in [0.25, 0.3) is 15.2 Å². The second-order valence-electron chi connectivity index (χ2n) is 2.86. The van der Waals surface area contributed by atoms with Crippen LogP contribution in [-0.4, -0.2) is 8.42 Å². The van der Waals surface area contributed by atoms with Gasteiger partial charge in [-0.15, -0.1) is 0 Å². The summed E-state index contributed by atoms with van der Waals surface area (Å²) in [5.41, 5.74) is -1.38. The molecule has 0 aliphatic heterocycles. The van der Waals surface area contributed by atoms with Crippen LogP contribution in [-0.2, 0) is 10.0 Å². The molecule has 94 valence electrons. The second kappa shape index (κ2) is 4.41. The normalized spacial score (nSPS) is 13.5. The Kier molecular flexibility index (Phi) is 3.53. The average molecular weight is 273 g/mol. The maximum Gasteiger partial charge on any atom is 0.268 e. The van der Waals surface area contributed by atoms with E-state index < -0.39 is 44.0 Å². The molecular weight excluding hydrogens is 269 g/mol. The largest absolute Gasteiger partial charge is 0.268 e. The van der Waals surface area contributed by atoms with Gasteiger partial charge in [-0.25, -0.2) is 31.1 Å². The highest BCUT2D eigenvalue weighted by Gasteiger charge is 2.24. The van der Waals surface area contributed by atoms with Crippen molar-refractivity contribution in [1.82, 2.24) is 0 Å². The van der Waals surface area contributed by atoms with Gasteiger partial charge in [0.15, 0.2) is 23.3 Å². The first-order chi connectivity index (χ1) is 7.66. The van der Waals surface area contributed by atoms with Crippen LogP contribution in [0.25, 0.3) is 5.83 Å². The van der Waals surface area contributed by atoms with Crippen molar-refractivity contribution in [3.05, 3.63) is 40.3 Å². The van der Waals surface area contributed by atoms with Crippen LogP contribution in [0.3, 0.4) is 0 Å². The molecule has 1 aromatic rings. The first-order valence-electron chi connectivity index (χ1n) is 3.88. The number of rotatable bonds is 2. The van der Waals surface area contributed by atoms with Crippen molar-refractivity contribution < 1.29 is 30.4 Å². The average Bonchev–Trinajstić information content (AvgIpc) is 2.23. The molecule has 0 aliphatic rings. The van der Waals surface area contributed by atoms with Gasteiger partial charge in [0.2, 0.25) is 0 Å². The summed E-state index contributed by atoms with van der Waals surface area (Å²) in [6, 6.07) is 0.650. The van der Waals surface area contributed by atoms with Crippen LogP contribution in [0.1, 0.15) is 5.56 Å². The lowest BCUT2D eigenvalue weighted by molar-refractivity contribution is 0.443. The Labute approximate surface area is 92.4 Å². The van der Waals surface area contributed by atoms with Crippen LogP contribution in [0.5, 0.6) is 0 Å². The van der Waals surface area contributed by atoms with E-state index in [2.05, 4.69) is 5.14 Å². The van der Waals surface area contributed by atoms with Crippen LogP contribution < -0.4 is 5.14 Å². The number of benzene rings is 1. The lowest BCUT2D eigenvalue weighted by Crippen LogP contribution is -2.13. The topological polar surface area (TPSA) is 60.2 Å². The van der Waals surface area contributed by atoms with Crippen LogP contribution in [0.15, 0.2) is 17.3 Å². The molecule has 0 atom stereocenters. The van der Waals surface area contributed by atoms with E-state index in [0.29, 0.717) is 12.1 Å². The molecule has 0 bridgehead atoms. The fourth-order valence-corrected chi connectivity index (χ4v) is 1.29. The predicted octanol–water partition coefficient (Wildman–Crippen LogP) is 1.96. The molecule has 17 heavy (non-hydrogen) atoms. The Morgan fingerprint density at radius 3 is 2.06 bits per heavy atom. The molecule has 0 heterocycles. The van der Waals surface area contributed by atoms with Crippen molar-refractivity contribution >= 4 is 15.9 Å². The van der Waals surface area contributed by atoms with Crippen molar-refractivity contribution in [2.75, 3.05) is 0 Å². The van der Waals surface area contributed by atoms with E-state index in [0.717, 1.165) is 0 Å². The Hall–Kier alpha value is -1.48. The highest BCUT2D eigenvalue weighted by atomic mass is 32.2. The summed E-state index contributed by atoms with van der Waals surface area (Å²) in [4.78, 5) is 0. The third-order valence-corrected chi connectivity index (χ3v) is 2.37. The summed E-state index contributed by atoms with van der Waals surface area (Å²) in [7, 11) is -5.03. The Morgan fingerprint density at radius 1 is 1.06 bits per heavy atom. The Morgan fingerprint density at radius 2 is 1.59 bits per heavy atom. The van der Waals surface area contributed by atoms with E-state index in [1.165, 1.54) is 0 Å². The molecule has 3 nitrogen and oxygen atoms in total. The summed E-state index contributed by atoms with van der Waals surface area (Å²) in [6.45, 7) is 0. The van der Waals surface area contributed by atoms with Gasteiger partial charge in [-0.05, 0) is 12.1 Å². The molecule has 1 rings (SSSR count). The zero-order chi connectivity index (χ0) is 13.4. The van der Waals surface area contributed by atoms with Crippen LogP contribution in [0.4, 0.5) is 22.0 Å². The molecule has 0 saturated carbocycles. The molecular formula is C8H4F5NO2S. The second-order valence-corrected chi connectivity index (χ2v) is 4.30. The fraction of sp³-hybridized carbons (Fsp3) is 0. The van der Waals surface area contributed by atoms with Crippen LogP contribution in [0.2, 0.25) is 0 Å². The summed E-state index contributed by atoms with van der Waals surface area (Å²) < 4.78 is 84.9. The van der Waals surface area contributed by atoms with Crippen molar-refractivity contribution in [2.45, 2.75) is 0 Å². The molecule has 0 radical (unpaired) electrons. The molecule has 0 saturated heterocycles. The van der Waals surface area contributed by atoms with E-state index >= 15 is 0 Å². The van der Waals surface area contributed by atoms with Crippen molar-refractivity contribution in [3.63, 3.8) is 0 Å². The van der Waals surface area contributed by atoms with Crippen molar-refractivity contribution in [2.24, 2.45) is 5.14 Å². The molecule has 0 aromatic heterocycles. The minimum absolute atomic E-state index is 0.309. The minimum atomic E-state index is -5.03. The molecule has 0 amide bonds. The van der Waals surface area contributed by atoms with Crippen molar-refractivity contribution in [3.8, 4) is 0 Å². The van der Waals surface area contributed by atoms with E-state index in [1.807, 2.05) is 0 Å². The molecule has 0 spiro atoms. The SMILES string of the molecule is NS(=O)(=O)C(F)=C(F)c1ccc(F)c(F)c1F. The predicted molar refractivity (Wildman–Crippen MR) is 48.6 cm³/mol. The quantitative estimate of drug-likeness (QED) is 0.661. The number of hydrogen-bond donors (Lipinski definition) is 1. The standard InChI is InChI=1S/C8H4F5NO2S/c9-4-2-1-3(5(10)7(4)12)6(11)8(13)17(14,15)16/h1-2H,(H2,14,15,16). The number of nitrogens with two attached hydrogens (primary N) is 1. The van der Waals surface area contributed by atoms with E-state index in [-0.39, 0.29) is 0 Å². The first-order valence-corrected chi connectivity index (χ1v) is 5.43. The molecule has 9 heteroatoms. The maximum atomic E-state index is 13.1. The third-order valence-electron chi connectivity index (χ3n) is 1.69. The summed E-state index contributed by atoms with van der Waals surface area (Å²) in [5.74, 6) is -7.97. The van der Waals surface area contributed by atoms with E-state index in [4.69, 9.17) is 0 Å². The highest BCUT2D eigenvalue weighted by Crippen LogP contribution is 2.27. The summed E-state index contributed by atoms with van der Waals surface area (Å²) in [6.07, 6.45) is 0. The Balaban J connectivity index is 3.52. The molecule has 0 unspecified atom stereocenters. The molecule has 2 N–H and O–H groups in total.